The quantitative estimate of drug-likeness (QED) is 0.703. The van der Waals surface area contributed by atoms with E-state index in [2.05, 4.69) is 18.2 Å². The SMILES string of the molecule is C[C@@H](CO)COCC1=CC=CCC1. The molecule has 1 rings (SSSR count). The zero-order chi connectivity index (χ0) is 9.52. The predicted octanol–water partition coefficient (Wildman–Crippen LogP) is 1.91. The molecule has 0 aromatic heterocycles. The highest BCUT2D eigenvalue weighted by Crippen LogP contribution is 2.12. The van der Waals surface area contributed by atoms with E-state index in [1.165, 1.54) is 5.57 Å². The van der Waals surface area contributed by atoms with E-state index in [0.717, 1.165) is 12.8 Å². The van der Waals surface area contributed by atoms with Crippen LogP contribution in [0.25, 0.3) is 0 Å². The number of hydrogen-bond donors (Lipinski definition) is 1. The van der Waals surface area contributed by atoms with Gasteiger partial charge in [-0.25, -0.2) is 0 Å². The predicted molar refractivity (Wildman–Crippen MR) is 53.5 cm³/mol. The Morgan fingerprint density at radius 2 is 2.46 bits per heavy atom. The van der Waals surface area contributed by atoms with Gasteiger partial charge in [-0.15, -0.1) is 0 Å². The van der Waals surface area contributed by atoms with Crippen LogP contribution in [0.1, 0.15) is 19.8 Å². The lowest BCUT2D eigenvalue weighted by Gasteiger charge is -2.12. The summed E-state index contributed by atoms with van der Waals surface area (Å²) in [6.45, 7) is 3.56. The molecule has 1 aliphatic carbocycles. The van der Waals surface area contributed by atoms with E-state index < -0.39 is 0 Å². The average Bonchev–Trinajstić information content (AvgIpc) is 2.19. The van der Waals surface area contributed by atoms with Gasteiger partial charge in [0.05, 0.1) is 13.2 Å². The minimum atomic E-state index is 0.207. The fourth-order valence-corrected chi connectivity index (χ4v) is 1.22. The highest BCUT2D eigenvalue weighted by atomic mass is 16.5. The fraction of sp³-hybridized carbons (Fsp3) is 0.636. The smallest absolute Gasteiger partial charge is 0.0680 e. The molecule has 0 fully saturated rings. The fourth-order valence-electron chi connectivity index (χ4n) is 1.22. The molecule has 2 nitrogen and oxygen atoms in total. The summed E-state index contributed by atoms with van der Waals surface area (Å²) in [7, 11) is 0. The Hall–Kier alpha value is -0.600. The molecule has 0 spiro atoms. The largest absolute Gasteiger partial charge is 0.396 e. The summed E-state index contributed by atoms with van der Waals surface area (Å²) in [6, 6.07) is 0. The van der Waals surface area contributed by atoms with Crippen molar-refractivity contribution in [1.29, 1.82) is 0 Å². The van der Waals surface area contributed by atoms with Gasteiger partial charge >= 0.3 is 0 Å². The van der Waals surface area contributed by atoms with E-state index in [4.69, 9.17) is 9.84 Å². The van der Waals surface area contributed by atoms with Gasteiger partial charge in [-0.2, -0.15) is 0 Å². The van der Waals surface area contributed by atoms with E-state index in [0.29, 0.717) is 13.2 Å². The molecule has 0 saturated heterocycles. The minimum absolute atomic E-state index is 0.207. The first kappa shape index (κ1) is 10.5. The molecule has 0 radical (unpaired) electrons. The third kappa shape index (κ3) is 4.25. The maximum absolute atomic E-state index is 8.77. The van der Waals surface area contributed by atoms with Gasteiger partial charge in [0.1, 0.15) is 0 Å². The Bertz CT molecular complexity index is 194. The second kappa shape index (κ2) is 5.95. The molecule has 13 heavy (non-hydrogen) atoms. The van der Waals surface area contributed by atoms with Gasteiger partial charge in [-0.1, -0.05) is 25.2 Å². The van der Waals surface area contributed by atoms with Gasteiger partial charge < -0.3 is 9.84 Å². The van der Waals surface area contributed by atoms with Crippen molar-refractivity contribution < 1.29 is 9.84 Å². The molecule has 1 N–H and O–H groups in total. The van der Waals surface area contributed by atoms with Crippen molar-refractivity contribution in [3.63, 3.8) is 0 Å². The third-order valence-electron chi connectivity index (χ3n) is 2.10. The normalized spacial score (nSPS) is 18.5. The van der Waals surface area contributed by atoms with Crippen LogP contribution >= 0.6 is 0 Å². The summed E-state index contributed by atoms with van der Waals surface area (Å²) < 4.78 is 5.46. The first-order valence-electron chi connectivity index (χ1n) is 4.86. The molecule has 0 bridgehead atoms. The molecular formula is C11H18O2. The monoisotopic (exact) mass is 182 g/mol. The number of aliphatic hydroxyl groups excluding tert-OH is 1. The Balaban J connectivity index is 2.11. The summed E-state index contributed by atoms with van der Waals surface area (Å²) in [4.78, 5) is 0. The zero-order valence-corrected chi connectivity index (χ0v) is 8.20. The molecule has 0 unspecified atom stereocenters. The molecule has 0 aromatic carbocycles. The zero-order valence-electron chi connectivity index (χ0n) is 8.20. The van der Waals surface area contributed by atoms with E-state index >= 15 is 0 Å². The van der Waals surface area contributed by atoms with Crippen molar-refractivity contribution in [2.45, 2.75) is 19.8 Å². The Morgan fingerprint density at radius 3 is 3.08 bits per heavy atom. The lowest BCUT2D eigenvalue weighted by Crippen LogP contribution is -2.11. The van der Waals surface area contributed by atoms with Crippen molar-refractivity contribution in [2.75, 3.05) is 19.8 Å². The molecule has 2 heteroatoms. The van der Waals surface area contributed by atoms with Crippen LogP contribution < -0.4 is 0 Å². The molecule has 0 amide bonds. The summed E-state index contributed by atoms with van der Waals surface area (Å²) in [5.41, 5.74) is 1.35. The Morgan fingerprint density at radius 1 is 1.62 bits per heavy atom. The lowest BCUT2D eigenvalue weighted by atomic mass is 10.1. The standard InChI is InChI=1S/C11H18O2/c1-10(7-12)8-13-9-11-5-3-2-4-6-11/h2-3,5,10,12H,4,6-9H2,1H3/t10-/m0/s1. The maximum atomic E-state index is 8.77. The van der Waals surface area contributed by atoms with E-state index in [1.807, 2.05) is 6.92 Å². The number of hydrogen-bond acceptors (Lipinski definition) is 2. The van der Waals surface area contributed by atoms with Crippen LogP contribution in [0.2, 0.25) is 0 Å². The van der Waals surface area contributed by atoms with Crippen LogP contribution in [0.5, 0.6) is 0 Å². The molecule has 1 aliphatic rings. The van der Waals surface area contributed by atoms with Crippen molar-refractivity contribution in [2.24, 2.45) is 5.92 Å². The number of allylic oxidation sites excluding steroid dienone is 3. The van der Waals surface area contributed by atoms with E-state index in [9.17, 15) is 0 Å². The molecular weight excluding hydrogens is 164 g/mol. The van der Waals surface area contributed by atoms with Gasteiger partial charge in [0, 0.05) is 12.5 Å². The van der Waals surface area contributed by atoms with Gasteiger partial charge in [0.2, 0.25) is 0 Å². The molecule has 0 aliphatic heterocycles. The lowest BCUT2D eigenvalue weighted by molar-refractivity contribution is 0.0928. The average molecular weight is 182 g/mol. The van der Waals surface area contributed by atoms with Crippen LogP contribution in [0.15, 0.2) is 23.8 Å². The Labute approximate surface area is 79.9 Å². The highest BCUT2D eigenvalue weighted by molar-refractivity contribution is 5.17. The van der Waals surface area contributed by atoms with Crippen molar-refractivity contribution in [3.05, 3.63) is 23.8 Å². The second-order valence-corrected chi connectivity index (χ2v) is 3.59. The number of ether oxygens (including phenoxy) is 1. The van der Waals surface area contributed by atoms with Gasteiger partial charge in [0.25, 0.3) is 0 Å². The molecule has 0 heterocycles. The Kier molecular flexibility index (Phi) is 4.79. The van der Waals surface area contributed by atoms with Crippen LogP contribution in [-0.4, -0.2) is 24.9 Å². The van der Waals surface area contributed by atoms with Crippen LogP contribution in [0, 0.1) is 5.92 Å². The number of aliphatic hydroxyl groups is 1. The van der Waals surface area contributed by atoms with Crippen molar-refractivity contribution in [3.8, 4) is 0 Å². The minimum Gasteiger partial charge on any atom is -0.396 e. The molecule has 0 aromatic rings. The molecule has 1 atom stereocenters. The van der Waals surface area contributed by atoms with Crippen LogP contribution in [-0.2, 0) is 4.74 Å². The summed E-state index contributed by atoms with van der Waals surface area (Å²) in [5, 5.41) is 8.77. The first-order valence-corrected chi connectivity index (χ1v) is 4.86. The first-order chi connectivity index (χ1) is 6.33. The maximum Gasteiger partial charge on any atom is 0.0680 e. The van der Waals surface area contributed by atoms with E-state index in [-0.39, 0.29) is 12.5 Å². The van der Waals surface area contributed by atoms with Crippen molar-refractivity contribution >= 4 is 0 Å². The summed E-state index contributed by atoms with van der Waals surface area (Å²) >= 11 is 0. The van der Waals surface area contributed by atoms with Crippen LogP contribution in [0.3, 0.4) is 0 Å². The summed E-state index contributed by atoms with van der Waals surface area (Å²) in [5.74, 6) is 0.250. The van der Waals surface area contributed by atoms with Crippen molar-refractivity contribution in [1.82, 2.24) is 0 Å². The van der Waals surface area contributed by atoms with Gasteiger partial charge in [0.15, 0.2) is 0 Å². The topological polar surface area (TPSA) is 29.5 Å². The second-order valence-electron chi connectivity index (χ2n) is 3.59. The molecule has 0 saturated carbocycles. The van der Waals surface area contributed by atoms with Crippen LogP contribution in [0.4, 0.5) is 0 Å². The summed E-state index contributed by atoms with van der Waals surface area (Å²) in [6.07, 6.45) is 8.61. The number of rotatable bonds is 5. The molecule has 74 valence electrons. The third-order valence-corrected chi connectivity index (χ3v) is 2.10. The van der Waals surface area contributed by atoms with E-state index in [1.54, 1.807) is 0 Å². The van der Waals surface area contributed by atoms with Gasteiger partial charge in [-0.3, -0.25) is 0 Å². The highest BCUT2D eigenvalue weighted by Gasteiger charge is 2.02. The van der Waals surface area contributed by atoms with Gasteiger partial charge in [-0.05, 0) is 18.4 Å².